The molecule has 0 N–H and O–H groups in total. The highest BCUT2D eigenvalue weighted by molar-refractivity contribution is 6.32. The van der Waals surface area contributed by atoms with Gasteiger partial charge in [0.25, 0.3) is 11.6 Å². The number of anilines is 1. The van der Waals surface area contributed by atoms with Crippen LogP contribution >= 0.6 is 11.6 Å². The van der Waals surface area contributed by atoms with E-state index in [2.05, 4.69) is 0 Å². The van der Waals surface area contributed by atoms with E-state index >= 15 is 0 Å². The molecule has 2 aromatic carbocycles. The van der Waals surface area contributed by atoms with E-state index in [1.54, 1.807) is 4.90 Å². The second kappa shape index (κ2) is 5.42. The molecule has 0 spiro atoms. The number of carbonyl (C=O) groups excluding carboxylic acids is 1. The van der Waals surface area contributed by atoms with Crippen LogP contribution in [-0.2, 0) is 6.42 Å². The van der Waals surface area contributed by atoms with E-state index in [4.69, 9.17) is 11.6 Å². The predicted molar refractivity (Wildman–Crippen MR) is 84.5 cm³/mol. The largest absolute Gasteiger partial charge is 0.305 e. The van der Waals surface area contributed by atoms with Gasteiger partial charge in [0.1, 0.15) is 5.02 Å². The lowest BCUT2D eigenvalue weighted by Crippen LogP contribution is -2.35. The molecule has 1 amide bonds. The number of carbonyl (C=O) groups is 1. The molecule has 1 atom stereocenters. The maximum absolute atomic E-state index is 12.8. The van der Waals surface area contributed by atoms with Crippen molar-refractivity contribution in [1.29, 1.82) is 0 Å². The molecule has 6 heteroatoms. The summed E-state index contributed by atoms with van der Waals surface area (Å²) in [5, 5.41) is 11.0. The van der Waals surface area contributed by atoms with Gasteiger partial charge in [0.05, 0.1) is 4.92 Å². The molecular formula is C16H13ClN2O3. The Morgan fingerprint density at radius 1 is 1.32 bits per heavy atom. The highest BCUT2D eigenvalue weighted by Crippen LogP contribution is 2.34. The average molecular weight is 317 g/mol. The molecular weight excluding hydrogens is 304 g/mol. The Balaban J connectivity index is 2.02. The molecule has 1 heterocycles. The lowest BCUT2D eigenvalue weighted by Gasteiger charge is -2.22. The fraction of sp³-hybridized carbons (Fsp3) is 0.188. The molecule has 0 saturated carbocycles. The number of benzene rings is 2. The Morgan fingerprint density at radius 3 is 2.77 bits per heavy atom. The van der Waals surface area contributed by atoms with Crippen molar-refractivity contribution in [3.8, 4) is 0 Å². The monoisotopic (exact) mass is 316 g/mol. The number of fused-ring (bicyclic) bond motifs is 1. The normalized spacial score (nSPS) is 16.5. The molecule has 1 aliphatic rings. The van der Waals surface area contributed by atoms with Crippen LogP contribution in [0.3, 0.4) is 0 Å². The number of nitro groups is 1. The smallest absolute Gasteiger partial charge is 0.288 e. The summed E-state index contributed by atoms with van der Waals surface area (Å²) >= 11 is 5.80. The van der Waals surface area contributed by atoms with Gasteiger partial charge in [-0.3, -0.25) is 14.9 Å². The number of amides is 1. The number of hydrogen-bond acceptors (Lipinski definition) is 3. The molecule has 22 heavy (non-hydrogen) atoms. The minimum Gasteiger partial charge on any atom is -0.305 e. The van der Waals surface area contributed by atoms with E-state index < -0.39 is 4.92 Å². The van der Waals surface area contributed by atoms with E-state index in [1.807, 2.05) is 31.2 Å². The van der Waals surface area contributed by atoms with Crippen LogP contribution in [0.5, 0.6) is 0 Å². The van der Waals surface area contributed by atoms with Crippen LogP contribution in [0.25, 0.3) is 0 Å². The lowest BCUT2D eigenvalue weighted by atomic mass is 10.1. The van der Waals surface area contributed by atoms with Crippen molar-refractivity contribution in [2.24, 2.45) is 0 Å². The summed E-state index contributed by atoms with van der Waals surface area (Å²) < 4.78 is 0. The van der Waals surface area contributed by atoms with Crippen molar-refractivity contribution < 1.29 is 9.72 Å². The van der Waals surface area contributed by atoms with Gasteiger partial charge >= 0.3 is 0 Å². The first kappa shape index (κ1) is 14.5. The van der Waals surface area contributed by atoms with Gasteiger partial charge < -0.3 is 4.90 Å². The molecule has 3 rings (SSSR count). The molecule has 0 aliphatic carbocycles. The van der Waals surface area contributed by atoms with Gasteiger partial charge in [0.2, 0.25) is 0 Å². The topological polar surface area (TPSA) is 63.5 Å². The van der Waals surface area contributed by atoms with Gasteiger partial charge in [-0.15, -0.1) is 0 Å². The third kappa shape index (κ3) is 2.33. The first-order chi connectivity index (χ1) is 10.5. The van der Waals surface area contributed by atoms with Gasteiger partial charge in [-0.2, -0.15) is 0 Å². The maximum atomic E-state index is 12.8. The van der Waals surface area contributed by atoms with E-state index in [0.717, 1.165) is 17.7 Å². The number of nitro benzene ring substituents is 1. The van der Waals surface area contributed by atoms with E-state index in [1.165, 1.54) is 18.2 Å². The van der Waals surface area contributed by atoms with Gasteiger partial charge in [-0.05, 0) is 37.1 Å². The van der Waals surface area contributed by atoms with E-state index in [-0.39, 0.29) is 28.2 Å². The number of para-hydroxylation sites is 1. The molecule has 112 valence electrons. The summed E-state index contributed by atoms with van der Waals surface area (Å²) in [7, 11) is 0. The van der Waals surface area contributed by atoms with Crippen LogP contribution in [0.2, 0.25) is 5.02 Å². The van der Waals surface area contributed by atoms with Crippen LogP contribution in [0, 0.1) is 10.1 Å². The molecule has 0 unspecified atom stereocenters. The van der Waals surface area contributed by atoms with Crippen molar-refractivity contribution in [2.75, 3.05) is 4.90 Å². The lowest BCUT2D eigenvalue weighted by molar-refractivity contribution is -0.384. The van der Waals surface area contributed by atoms with Crippen molar-refractivity contribution >= 4 is 28.9 Å². The molecule has 1 aliphatic heterocycles. The minimum absolute atomic E-state index is 0.0136. The quantitative estimate of drug-likeness (QED) is 0.624. The Bertz CT molecular complexity index is 776. The number of halogens is 1. The predicted octanol–water partition coefficient (Wildman–Crippen LogP) is 3.84. The Labute approximate surface area is 132 Å². The number of nitrogens with zero attached hydrogens (tertiary/aromatic N) is 2. The number of hydrogen-bond donors (Lipinski definition) is 0. The minimum atomic E-state index is -0.583. The molecule has 5 nitrogen and oxygen atoms in total. The SMILES string of the molecule is C[C@@H]1Cc2ccccc2N1C(=O)c1ccc(Cl)c([N+](=O)[O-])c1. The fourth-order valence-corrected chi connectivity index (χ4v) is 2.99. The second-order valence-corrected chi connectivity index (χ2v) is 5.69. The molecule has 0 radical (unpaired) electrons. The van der Waals surface area contributed by atoms with Crippen LogP contribution in [0.1, 0.15) is 22.8 Å². The summed E-state index contributed by atoms with van der Waals surface area (Å²) in [4.78, 5) is 24.8. The van der Waals surface area contributed by atoms with E-state index in [9.17, 15) is 14.9 Å². The van der Waals surface area contributed by atoms with Gasteiger partial charge in [-0.25, -0.2) is 0 Å². The van der Waals surface area contributed by atoms with Crippen LogP contribution in [0.15, 0.2) is 42.5 Å². The third-order valence-corrected chi connectivity index (χ3v) is 4.14. The van der Waals surface area contributed by atoms with Gasteiger partial charge in [0, 0.05) is 23.4 Å². The van der Waals surface area contributed by atoms with Gasteiger partial charge in [0.15, 0.2) is 0 Å². The summed E-state index contributed by atoms with van der Waals surface area (Å²) in [5.41, 5.74) is 1.97. The summed E-state index contributed by atoms with van der Waals surface area (Å²) in [6.07, 6.45) is 0.775. The first-order valence-corrected chi connectivity index (χ1v) is 7.22. The van der Waals surface area contributed by atoms with Crippen LogP contribution in [-0.4, -0.2) is 16.9 Å². The zero-order chi connectivity index (χ0) is 15.9. The first-order valence-electron chi connectivity index (χ1n) is 6.84. The maximum Gasteiger partial charge on any atom is 0.288 e. The highest BCUT2D eigenvalue weighted by atomic mass is 35.5. The highest BCUT2D eigenvalue weighted by Gasteiger charge is 2.32. The van der Waals surface area contributed by atoms with Crippen LogP contribution in [0.4, 0.5) is 11.4 Å². The summed E-state index contributed by atoms with van der Waals surface area (Å²) in [6.45, 7) is 1.96. The van der Waals surface area contributed by atoms with Crippen molar-refractivity contribution in [2.45, 2.75) is 19.4 Å². The average Bonchev–Trinajstić information content (AvgIpc) is 2.82. The van der Waals surface area contributed by atoms with Crippen LogP contribution < -0.4 is 4.90 Å². The Kier molecular flexibility index (Phi) is 3.58. The molecule has 0 fully saturated rings. The summed E-state index contributed by atoms with van der Waals surface area (Å²) in [6, 6.07) is 11.8. The number of rotatable bonds is 2. The Morgan fingerprint density at radius 2 is 2.05 bits per heavy atom. The van der Waals surface area contributed by atoms with E-state index in [0.29, 0.717) is 0 Å². The summed E-state index contributed by atoms with van der Waals surface area (Å²) in [5.74, 6) is -0.253. The van der Waals surface area contributed by atoms with Crippen molar-refractivity contribution in [3.05, 3.63) is 68.7 Å². The zero-order valence-corrected chi connectivity index (χ0v) is 12.6. The molecule has 2 aromatic rings. The third-order valence-electron chi connectivity index (χ3n) is 3.82. The molecule has 0 bridgehead atoms. The zero-order valence-electron chi connectivity index (χ0n) is 11.8. The second-order valence-electron chi connectivity index (χ2n) is 5.28. The fourth-order valence-electron chi connectivity index (χ4n) is 2.80. The van der Waals surface area contributed by atoms with Crippen molar-refractivity contribution in [1.82, 2.24) is 0 Å². The standard InChI is InChI=1S/C16H13ClN2O3/c1-10-8-11-4-2-3-5-14(11)18(10)16(20)12-6-7-13(17)15(9-12)19(21)22/h2-7,9-10H,8H2,1H3/t10-/m1/s1. The van der Waals surface area contributed by atoms with Gasteiger partial charge in [-0.1, -0.05) is 29.8 Å². The Hall–Kier alpha value is -2.40. The molecule has 0 aromatic heterocycles. The van der Waals surface area contributed by atoms with Crippen molar-refractivity contribution in [3.63, 3.8) is 0 Å². The molecule has 0 saturated heterocycles.